The van der Waals surface area contributed by atoms with Crippen molar-refractivity contribution in [2.45, 2.75) is 31.2 Å². The van der Waals surface area contributed by atoms with Gasteiger partial charge < -0.3 is 9.30 Å². The normalized spacial score (nSPS) is 18.9. The highest BCUT2D eigenvalue weighted by Gasteiger charge is 2.39. The minimum absolute atomic E-state index is 0.167. The second-order valence-corrected chi connectivity index (χ2v) is 9.99. The van der Waals surface area contributed by atoms with Crippen molar-refractivity contribution in [2.75, 3.05) is 6.26 Å². The molecule has 5 rings (SSSR count). The van der Waals surface area contributed by atoms with Crippen LogP contribution in [0.1, 0.15) is 18.4 Å². The number of aryl methyl sites for hydroxylation is 1. The first-order chi connectivity index (χ1) is 16.0. The topological polar surface area (TPSA) is 83.3 Å². The minimum Gasteiger partial charge on any atom is -0.474 e. The van der Waals surface area contributed by atoms with Gasteiger partial charge in [-0.2, -0.15) is 21.6 Å². The molecule has 0 N–H and O–H groups in total. The molecule has 0 bridgehead atoms. The second-order valence-electron chi connectivity index (χ2n) is 8.39. The quantitative estimate of drug-likeness (QED) is 0.377. The van der Waals surface area contributed by atoms with E-state index in [1.807, 2.05) is 29.8 Å². The van der Waals surface area contributed by atoms with Crippen LogP contribution in [0.3, 0.4) is 0 Å². The van der Waals surface area contributed by atoms with Crippen LogP contribution in [0.4, 0.5) is 13.2 Å². The van der Waals surface area contributed by atoms with Crippen LogP contribution in [0.15, 0.2) is 48.9 Å². The molecule has 0 aliphatic heterocycles. The van der Waals surface area contributed by atoms with E-state index in [4.69, 9.17) is 8.92 Å². The van der Waals surface area contributed by atoms with Crippen molar-refractivity contribution in [1.29, 1.82) is 0 Å². The lowest BCUT2D eigenvalue weighted by atomic mass is 9.92. The van der Waals surface area contributed by atoms with Crippen LogP contribution in [0.25, 0.3) is 32.9 Å². The van der Waals surface area contributed by atoms with Gasteiger partial charge >= 0.3 is 6.18 Å². The Morgan fingerprint density at radius 3 is 2.47 bits per heavy atom. The minimum atomic E-state index is -4.68. The van der Waals surface area contributed by atoms with Gasteiger partial charge in [-0.15, -0.1) is 0 Å². The zero-order chi connectivity index (χ0) is 24.3. The molecule has 0 spiro atoms. The lowest BCUT2D eigenvalue weighted by molar-refractivity contribution is -0.140. The number of benzene rings is 1. The fraction of sp³-hybridized carbons (Fsp3) is 0.304. The smallest absolute Gasteiger partial charge is 0.421 e. The predicted molar refractivity (Wildman–Crippen MR) is 120 cm³/mol. The molecule has 1 saturated carbocycles. The molecule has 1 aliphatic rings. The Hall–Kier alpha value is -3.18. The van der Waals surface area contributed by atoms with Gasteiger partial charge in [-0.25, -0.2) is 4.98 Å². The number of fused-ring (bicyclic) bond motifs is 3. The van der Waals surface area contributed by atoms with E-state index in [-0.39, 0.29) is 12.8 Å². The molecule has 0 atom stereocenters. The molecule has 0 unspecified atom stereocenters. The third-order valence-corrected chi connectivity index (χ3v) is 6.56. The summed E-state index contributed by atoms with van der Waals surface area (Å²) < 4.78 is 76.1. The van der Waals surface area contributed by atoms with Crippen molar-refractivity contribution >= 4 is 31.9 Å². The number of rotatable bonds is 5. The molecule has 0 radical (unpaired) electrons. The van der Waals surface area contributed by atoms with Crippen LogP contribution < -0.4 is 4.74 Å². The summed E-state index contributed by atoms with van der Waals surface area (Å²) in [5.41, 5.74) is 1.73. The maximum Gasteiger partial charge on any atom is 0.421 e. The third kappa shape index (κ3) is 4.21. The van der Waals surface area contributed by atoms with Gasteiger partial charge in [0.25, 0.3) is 10.1 Å². The number of ether oxygens (including phenoxy) is 1. The molecule has 3 heterocycles. The Morgan fingerprint density at radius 2 is 1.76 bits per heavy atom. The zero-order valence-electron chi connectivity index (χ0n) is 18.2. The summed E-state index contributed by atoms with van der Waals surface area (Å²) in [5, 5.41) is 1.91. The van der Waals surface area contributed by atoms with Gasteiger partial charge in [-0.3, -0.25) is 9.17 Å². The van der Waals surface area contributed by atoms with Crippen LogP contribution in [-0.2, 0) is 27.5 Å². The molecular weight excluding hydrogens is 471 g/mol. The van der Waals surface area contributed by atoms with Crippen LogP contribution in [0.5, 0.6) is 5.88 Å². The van der Waals surface area contributed by atoms with Crippen molar-refractivity contribution in [3.8, 4) is 17.0 Å². The lowest BCUT2D eigenvalue weighted by Crippen LogP contribution is -2.41. The molecule has 7 nitrogen and oxygen atoms in total. The standard InChI is InChI=1S/C23H20F3N3O4S/c1-29-20-5-6-27-12-18(20)17-4-3-13(8-21(17)29)14-7-19(23(24,25)26)22(28-11-14)32-15-9-16(10-15)33-34(2,30)31/h3-8,11-12,15-16H,9-10H2,1-2H3. The Morgan fingerprint density at radius 1 is 1.00 bits per heavy atom. The summed E-state index contributed by atoms with van der Waals surface area (Å²) in [6.45, 7) is 0. The molecule has 3 aromatic heterocycles. The van der Waals surface area contributed by atoms with E-state index in [0.717, 1.165) is 34.1 Å². The summed E-state index contributed by atoms with van der Waals surface area (Å²) in [6.07, 6.45) is 0.176. The average molecular weight is 491 g/mol. The van der Waals surface area contributed by atoms with E-state index in [1.165, 1.54) is 6.20 Å². The zero-order valence-corrected chi connectivity index (χ0v) is 19.0. The Labute approximate surface area is 193 Å². The van der Waals surface area contributed by atoms with E-state index in [2.05, 4.69) is 9.97 Å². The van der Waals surface area contributed by atoms with Crippen molar-refractivity contribution in [3.63, 3.8) is 0 Å². The first-order valence-electron chi connectivity index (χ1n) is 10.4. The number of halogens is 3. The number of nitrogens with zero attached hydrogens (tertiary/aromatic N) is 3. The molecule has 0 amide bonds. The first kappa shape index (κ1) is 22.6. The van der Waals surface area contributed by atoms with Gasteiger partial charge in [0.05, 0.1) is 17.9 Å². The highest BCUT2D eigenvalue weighted by molar-refractivity contribution is 7.86. The van der Waals surface area contributed by atoms with Gasteiger partial charge in [0.15, 0.2) is 0 Å². The van der Waals surface area contributed by atoms with Crippen molar-refractivity contribution in [2.24, 2.45) is 7.05 Å². The van der Waals surface area contributed by atoms with Gasteiger partial charge in [0, 0.05) is 60.3 Å². The lowest BCUT2D eigenvalue weighted by Gasteiger charge is -2.34. The summed E-state index contributed by atoms with van der Waals surface area (Å²) in [7, 11) is -1.74. The maximum atomic E-state index is 13.8. The summed E-state index contributed by atoms with van der Waals surface area (Å²) in [5.74, 6) is -0.532. The predicted octanol–water partition coefficient (Wildman–Crippen LogP) is 4.69. The Balaban J connectivity index is 1.46. The van der Waals surface area contributed by atoms with E-state index in [1.54, 1.807) is 18.5 Å². The van der Waals surface area contributed by atoms with E-state index >= 15 is 0 Å². The molecule has 1 fully saturated rings. The highest BCUT2D eigenvalue weighted by atomic mass is 32.2. The van der Waals surface area contributed by atoms with Crippen molar-refractivity contribution < 1.29 is 30.5 Å². The Kier molecular flexibility index (Phi) is 5.28. The van der Waals surface area contributed by atoms with E-state index in [9.17, 15) is 21.6 Å². The average Bonchev–Trinajstić information content (AvgIpc) is 3.03. The van der Waals surface area contributed by atoms with Gasteiger partial charge in [0.2, 0.25) is 5.88 Å². The summed E-state index contributed by atoms with van der Waals surface area (Å²) >= 11 is 0. The number of pyridine rings is 2. The number of aromatic nitrogens is 3. The molecule has 1 aliphatic carbocycles. The third-order valence-electron chi connectivity index (χ3n) is 5.94. The monoisotopic (exact) mass is 491 g/mol. The summed E-state index contributed by atoms with van der Waals surface area (Å²) in [6, 6.07) is 8.35. The van der Waals surface area contributed by atoms with Gasteiger partial charge in [-0.1, -0.05) is 12.1 Å². The molecule has 178 valence electrons. The first-order valence-corrected chi connectivity index (χ1v) is 12.3. The second kappa shape index (κ2) is 7.95. The number of hydrogen-bond acceptors (Lipinski definition) is 6. The van der Waals surface area contributed by atoms with Crippen LogP contribution >= 0.6 is 0 Å². The van der Waals surface area contributed by atoms with Crippen LogP contribution in [-0.4, -0.2) is 41.4 Å². The Bertz CT molecular complexity index is 1510. The van der Waals surface area contributed by atoms with Crippen molar-refractivity contribution in [3.05, 3.63) is 54.5 Å². The largest absolute Gasteiger partial charge is 0.474 e. The molecular formula is C23H20F3N3O4S. The molecule has 34 heavy (non-hydrogen) atoms. The molecule has 0 saturated heterocycles. The van der Waals surface area contributed by atoms with Crippen LogP contribution in [0.2, 0.25) is 0 Å². The van der Waals surface area contributed by atoms with Gasteiger partial charge in [0.1, 0.15) is 11.7 Å². The SMILES string of the molecule is Cn1c2ccncc2c2ccc(-c3cnc(OC4CC(OS(C)(=O)=O)C4)c(C(F)(F)F)c3)cc21. The number of hydrogen-bond donors (Lipinski definition) is 0. The van der Waals surface area contributed by atoms with E-state index < -0.39 is 39.9 Å². The van der Waals surface area contributed by atoms with Gasteiger partial charge in [-0.05, 0) is 23.8 Å². The maximum absolute atomic E-state index is 13.8. The molecule has 4 aromatic rings. The van der Waals surface area contributed by atoms with E-state index in [0.29, 0.717) is 11.1 Å². The molecule has 11 heteroatoms. The molecule has 1 aromatic carbocycles. The van der Waals surface area contributed by atoms with Crippen molar-refractivity contribution in [1.82, 2.24) is 14.5 Å². The summed E-state index contributed by atoms with van der Waals surface area (Å²) in [4.78, 5) is 8.13. The van der Waals surface area contributed by atoms with Crippen LogP contribution in [0, 0.1) is 0 Å². The highest BCUT2D eigenvalue weighted by Crippen LogP contribution is 2.40. The fourth-order valence-corrected chi connectivity index (χ4v) is 4.89. The number of alkyl halides is 3. The fourth-order valence-electron chi connectivity index (χ4n) is 4.24.